The summed E-state index contributed by atoms with van der Waals surface area (Å²) in [5.41, 5.74) is 1.68. The molecule has 80 valence electrons. The van der Waals surface area contributed by atoms with Crippen LogP contribution in [-0.4, -0.2) is 23.4 Å². The molecule has 1 N–H and O–H groups in total. The normalized spacial score (nSPS) is 12.0. The summed E-state index contributed by atoms with van der Waals surface area (Å²) in [6.45, 7) is 5.68. The van der Waals surface area contributed by atoms with Crippen LogP contribution in [0.2, 0.25) is 0 Å². The molecule has 0 atom stereocenters. The van der Waals surface area contributed by atoms with E-state index in [1.54, 1.807) is 0 Å². The molecule has 1 rings (SSSR count). The van der Waals surface area contributed by atoms with Crippen LogP contribution < -0.4 is 5.32 Å². The fourth-order valence-electron chi connectivity index (χ4n) is 1.67. The lowest BCUT2D eigenvalue weighted by Gasteiger charge is -2.23. The van der Waals surface area contributed by atoms with Crippen LogP contribution >= 0.6 is 0 Å². The molecule has 1 aromatic heterocycles. The van der Waals surface area contributed by atoms with Crippen LogP contribution in [0.1, 0.15) is 25.8 Å². The highest BCUT2D eigenvalue weighted by molar-refractivity contribution is 5.06. The number of aryl methyl sites for hydroxylation is 1. The summed E-state index contributed by atoms with van der Waals surface area (Å²) in [7, 11) is 3.96. The summed E-state index contributed by atoms with van der Waals surface area (Å²) in [6, 6.07) is 0. The zero-order chi connectivity index (χ0) is 10.6. The average molecular weight is 195 g/mol. The summed E-state index contributed by atoms with van der Waals surface area (Å²) < 4.78 is 1.86. The van der Waals surface area contributed by atoms with E-state index in [2.05, 4.69) is 30.5 Å². The highest BCUT2D eigenvalue weighted by Gasteiger charge is 2.18. The van der Waals surface area contributed by atoms with Crippen molar-refractivity contribution in [3.63, 3.8) is 0 Å². The van der Waals surface area contributed by atoms with E-state index < -0.39 is 0 Å². The van der Waals surface area contributed by atoms with Crippen molar-refractivity contribution in [2.75, 3.05) is 13.6 Å². The summed E-state index contributed by atoms with van der Waals surface area (Å²) in [6.07, 6.45) is 6.35. The van der Waals surface area contributed by atoms with Gasteiger partial charge in [-0.2, -0.15) is 5.10 Å². The highest BCUT2D eigenvalue weighted by Crippen LogP contribution is 2.24. The Morgan fingerprint density at radius 2 is 2.21 bits per heavy atom. The van der Waals surface area contributed by atoms with Gasteiger partial charge < -0.3 is 5.32 Å². The Labute approximate surface area is 86.5 Å². The first-order valence-electron chi connectivity index (χ1n) is 5.16. The maximum absolute atomic E-state index is 4.18. The van der Waals surface area contributed by atoms with Crippen molar-refractivity contribution < 1.29 is 0 Å². The molecule has 0 saturated heterocycles. The van der Waals surface area contributed by atoms with Crippen molar-refractivity contribution >= 4 is 0 Å². The van der Waals surface area contributed by atoms with Crippen molar-refractivity contribution in [1.82, 2.24) is 15.1 Å². The molecular formula is C11H21N3. The zero-order valence-electron chi connectivity index (χ0n) is 9.67. The number of nitrogens with one attached hydrogen (secondary N) is 1. The van der Waals surface area contributed by atoms with Crippen LogP contribution in [0.15, 0.2) is 12.4 Å². The minimum absolute atomic E-state index is 0.353. The Balaban J connectivity index is 2.49. The molecule has 0 aromatic carbocycles. The van der Waals surface area contributed by atoms with Crippen molar-refractivity contribution in [2.24, 2.45) is 12.5 Å². The van der Waals surface area contributed by atoms with Gasteiger partial charge in [0.15, 0.2) is 0 Å². The van der Waals surface area contributed by atoms with E-state index in [0.29, 0.717) is 5.41 Å². The maximum Gasteiger partial charge on any atom is 0.0521 e. The van der Waals surface area contributed by atoms with Gasteiger partial charge >= 0.3 is 0 Å². The van der Waals surface area contributed by atoms with Gasteiger partial charge in [-0.05, 0) is 37.4 Å². The van der Waals surface area contributed by atoms with Gasteiger partial charge in [-0.15, -0.1) is 0 Å². The molecule has 0 aliphatic heterocycles. The van der Waals surface area contributed by atoms with Crippen LogP contribution in [0.25, 0.3) is 0 Å². The molecule has 0 aliphatic rings. The van der Waals surface area contributed by atoms with Gasteiger partial charge in [-0.1, -0.05) is 13.8 Å². The summed E-state index contributed by atoms with van der Waals surface area (Å²) >= 11 is 0. The van der Waals surface area contributed by atoms with E-state index in [1.165, 1.54) is 12.0 Å². The fourth-order valence-corrected chi connectivity index (χ4v) is 1.67. The third kappa shape index (κ3) is 3.50. The second kappa shape index (κ2) is 4.60. The van der Waals surface area contributed by atoms with E-state index in [-0.39, 0.29) is 0 Å². The first-order valence-corrected chi connectivity index (χ1v) is 5.16. The third-order valence-electron chi connectivity index (χ3n) is 2.49. The topological polar surface area (TPSA) is 29.9 Å². The van der Waals surface area contributed by atoms with Crippen LogP contribution in [0, 0.1) is 5.41 Å². The van der Waals surface area contributed by atoms with E-state index in [1.807, 2.05) is 25.0 Å². The van der Waals surface area contributed by atoms with Crippen LogP contribution in [-0.2, 0) is 13.5 Å². The molecule has 0 saturated carbocycles. The van der Waals surface area contributed by atoms with Gasteiger partial charge in [0.1, 0.15) is 0 Å². The zero-order valence-corrected chi connectivity index (χ0v) is 9.67. The molecule has 0 fully saturated rings. The predicted molar refractivity (Wildman–Crippen MR) is 59.2 cm³/mol. The Morgan fingerprint density at radius 1 is 1.50 bits per heavy atom. The summed E-state index contributed by atoms with van der Waals surface area (Å²) in [5, 5.41) is 7.38. The Bertz CT molecular complexity index is 276. The van der Waals surface area contributed by atoms with Crippen LogP contribution in [0.4, 0.5) is 0 Å². The lowest BCUT2D eigenvalue weighted by atomic mass is 9.83. The van der Waals surface area contributed by atoms with Gasteiger partial charge in [-0.25, -0.2) is 0 Å². The smallest absolute Gasteiger partial charge is 0.0521 e. The Morgan fingerprint density at radius 3 is 2.71 bits per heavy atom. The molecule has 1 aromatic rings. The average Bonchev–Trinajstić information content (AvgIpc) is 2.47. The predicted octanol–water partition coefficient (Wildman–Crippen LogP) is 1.60. The van der Waals surface area contributed by atoms with Gasteiger partial charge in [-0.3, -0.25) is 4.68 Å². The highest BCUT2D eigenvalue weighted by atomic mass is 15.2. The largest absolute Gasteiger partial charge is 0.320 e. The second-order valence-electron chi connectivity index (χ2n) is 4.72. The Hall–Kier alpha value is -0.830. The van der Waals surface area contributed by atoms with E-state index in [9.17, 15) is 0 Å². The fraction of sp³-hybridized carbons (Fsp3) is 0.727. The standard InChI is InChI=1S/C11H21N3/c1-11(2,5-6-12-3)7-10-8-13-14(4)9-10/h8-9,12H,5-7H2,1-4H3. The molecule has 0 radical (unpaired) electrons. The first-order chi connectivity index (χ1) is 6.53. The second-order valence-corrected chi connectivity index (χ2v) is 4.72. The van der Waals surface area contributed by atoms with Crippen molar-refractivity contribution in [2.45, 2.75) is 26.7 Å². The van der Waals surface area contributed by atoms with E-state index in [4.69, 9.17) is 0 Å². The van der Waals surface area contributed by atoms with Gasteiger partial charge in [0.2, 0.25) is 0 Å². The lowest BCUT2D eigenvalue weighted by Crippen LogP contribution is -2.21. The molecular weight excluding hydrogens is 174 g/mol. The molecule has 0 bridgehead atoms. The third-order valence-corrected chi connectivity index (χ3v) is 2.49. The molecule has 0 aliphatic carbocycles. The van der Waals surface area contributed by atoms with Crippen molar-refractivity contribution in [1.29, 1.82) is 0 Å². The summed E-state index contributed by atoms with van der Waals surface area (Å²) in [4.78, 5) is 0. The first kappa shape index (κ1) is 11.2. The van der Waals surface area contributed by atoms with Crippen LogP contribution in [0.5, 0.6) is 0 Å². The van der Waals surface area contributed by atoms with Crippen molar-refractivity contribution in [3.8, 4) is 0 Å². The monoisotopic (exact) mass is 195 g/mol. The number of nitrogens with zero attached hydrogens (tertiary/aromatic N) is 2. The van der Waals surface area contributed by atoms with Gasteiger partial charge in [0, 0.05) is 13.2 Å². The van der Waals surface area contributed by atoms with Crippen LogP contribution in [0.3, 0.4) is 0 Å². The van der Waals surface area contributed by atoms with Crippen molar-refractivity contribution in [3.05, 3.63) is 18.0 Å². The molecule has 0 unspecified atom stereocenters. The minimum atomic E-state index is 0.353. The molecule has 1 heterocycles. The quantitative estimate of drug-likeness (QED) is 0.773. The minimum Gasteiger partial charge on any atom is -0.320 e. The number of hydrogen-bond donors (Lipinski definition) is 1. The summed E-state index contributed by atoms with van der Waals surface area (Å²) in [5.74, 6) is 0. The Kier molecular flexibility index (Phi) is 3.69. The lowest BCUT2D eigenvalue weighted by molar-refractivity contribution is 0.329. The van der Waals surface area contributed by atoms with Gasteiger partial charge in [0.05, 0.1) is 6.20 Å². The molecule has 0 spiro atoms. The van der Waals surface area contributed by atoms with E-state index in [0.717, 1.165) is 13.0 Å². The molecule has 3 nitrogen and oxygen atoms in total. The maximum atomic E-state index is 4.18. The van der Waals surface area contributed by atoms with Gasteiger partial charge in [0.25, 0.3) is 0 Å². The van der Waals surface area contributed by atoms with E-state index >= 15 is 0 Å². The molecule has 3 heteroatoms. The molecule has 0 amide bonds. The number of hydrogen-bond acceptors (Lipinski definition) is 2. The number of rotatable bonds is 5. The number of aromatic nitrogens is 2. The molecule has 14 heavy (non-hydrogen) atoms. The SMILES string of the molecule is CNCCC(C)(C)Cc1cnn(C)c1.